The predicted octanol–water partition coefficient (Wildman–Crippen LogP) is 3.40. The number of hydrogen-bond donors (Lipinski definition) is 1. The number of carbonyl (C=O) groups is 1. The lowest BCUT2D eigenvalue weighted by Crippen LogP contribution is -2.03. The van der Waals surface area contributed by atoms with Crippen LogP contribution >= 0.6 is 23.6 Å². The number of carbonyl (C=O) groups excluding carboxylic acids is 1. The van der Waals surface area contributed by atoms with Gasteiger partial charge in [0, 0.05) is 0 Å². The fraction of sp³-hybridized carbons (Fsp3) is 0.0909. The third kappa shape index (κ3) is 2.42. The molecule has 6 heteroatoms. The highest BCUT2D eigenvalue weighted by Crippen LogP contribution is 2.29. The summed E-state index contributed by atoms with van der Waals surface area (Å²) in [5, 5.41) is 0. The van der Waals surface area contributed by atoms with Crippen LogP contribution in [0.5, 0.6) is 0 Å². The van der Waals surface area contributed by atoms with E-state index in [9.17, 15) is 9.18 Å². The monoisotopic (exact) mass is 269 g/mol. The summed E-state index contributed by atoms with van der Waals surface area (Å²) in [6.45, 7) is 0. The molecule has 0 spiro atoms. The van der Waals surface area contributed by atoms with E-state index in [-0.39, 0.29) is 5.82 Å². The Kier molecular flexibility index (Phi) is 3.35. The first-order valence-corrected chi connectivity index (χ1v) is 5.91. The van der Waals surface area contributed by atoms with E-state index < -0.39 is 5.97 Å². The van der Waals surface area contributed by atoms with Crippen LogP contribution in [-0.2, 0) is 4.74 Å². The van der Waals surface area contributed by atoms with Crippen molar-refractivity contribution in [1.29, 1.82) is 0 Å². The van der Waals surface area contributed by atoms with Crippen LogP contribution in [0.2, 0.25) is 0 Å². The first-order chi connectivity index (χ1) is 8.11. The van der Waals surface area contributed by atoms with Crippen LogP contribution in [0.1, 0.15) is 10.5 Å². The molecule has 0 aliphatic rings. The highest BCUT2D eigenvalue weighted by Gasteiger charge is 2.16. The van der Waals surface area contributed by atoms with Crippen molar-refractivity contribution in [2.24, 2.45) is 0 Å². The predicted molar refractivity (Wildman–Crippen MR) is 66.2 cm³/mol. The standard InChI is InChI=1S/C11H8FNO2S2/c1-15-10(14)8-9(17-11(16)13-8)6-2-4-7(12)5-3-6/h2-5H,1H3,(H,13,16). The number of aromatic amines is 1. The maximum atomic E-state index is 12.8. The van der Waals surface area contributed by atoms with Crippen molar-refractivity contribution in [1.82, 2.24) is 4.98 Å². The number of benzene rings is 1. The molecule has 0 aliphatic heterocycles. The molecular formula is C11H8FNO2S2. The van der Waals surface area contributed by atoms with Gasteiger partial charge in [-0.05, 0) is 29.9 Å². The van der Waals surface area contributed by atoms with Crippen LogP contribution in [0.15, 0.2) is 24.3 Å². The molecule has 17 heavy (non-hydrogen) atoms. The average Bonchev–Trinajstić information content (AvgIpc) is 2.71. The van der Waals surface area contributed by atoms with Gasteiger partial charge in [0.05, 0.1) is 12.0 Å². The molecular weight excluding hydrogens is 261 g/mol. The fourth-order valence-electron chi connectivity index (χ4n) is 1.38. The Morgan fingerprint density at radius 2 is 2.06 bits per heavy atom. The molecule has 88 valence electrons. The Hall–Kier alpha value is -1.53. The van der Waals surface area contributed by atoms with E-state index in [1.54, 1.807) is 12.1 Å². The van der Waals surface area contributed by atoms with Gasteiger partial charge in [-0.3, -0.25) is 0 Å². The van der Waals surface area contributed by atoms with E-state index in [2.05, 4.69) is 9.72 Å². The van der Waals surface area contributed by atoms with Crippen molar-refractivity contribution < 1.29 is 13.9 Å². The smallest absolute Gasteiger partial charge is 0.356 e. The molecule has 1 heterocycles. The first-order valence-electron chi connectivity index (χ1n) is 4.69. The molecule has 3 nitrogen and oxygen atoms in total. The van der Waals surface area contributed by atoms with E-state index >= 15 is 0 Å². The normalized spacial score (nSPS) is 10.2. The van der Waals surface area contributed by atoms with Gasteiger partial charge in [-0.1, -0.05) is 12.1 Å². The van der Waals surface area contributed by atoms with Gasteiger partial charge >= 0.3 is 5.97 Å². The number of esters is 1. The molecule has 1 aromatic heterocycles. The fourth-order valence-corrected chi connectivity index (χ4v) is 2.56. The van der Waals surface area contributed by atoms with Crippen LogP contribution in [0.4, 0.5) is 4.39 Å². The summed E-state index contributed by atoms with van der Waals surface area (Å²) in [6.07, 6.45) is 0. The Bertz CT molecular complexity index is 601. The minimum atomic E-state index is -0.489. The highest BCUT2D eigenvalue weighted by molar-refractivity contribution is 7.73. The number of methoxy groups -OCH3 is 1. The quantitative estimate of drug-likeness (QED) is 0.671. The minimum absolute atomic E-state index is 0.300. The van der Waals surface area contributed by atoms with Crippen molar-refractivity contribution in [3.63, 3.8) is 0 Å². The second-order valence-electron chi connectivity index (χ2n) is 3.22. The van der Waals surface area contributed by atoms with E-state index in [4.69, 9.17) is 12.2 Å². The van der Waals surface area contributed by atoms with Crippen LogP contribution in [0.3, 0.4) is 0 Å². The van der Waals surface area contributed by atoms with Crippen molar-refractivity contribution in [2.45, 2.75) is 0 Å². The van der Waals surface area contributed by atoms with Crippen molar-refractivity contribution >= 4 is 29.5 Å². The SMILES string of the molecule is COC(=O)c1[nH]c(=S)sc1-c1ccc(F)cc1. The van der Waals surface area contributed by atoms with Crippen LogP contribution in [-0.4, -0.2) is 18.1 Å². The van der Waals surface area contributed by atoms with Crippen molar-refractivity contribution in [3.8, 4) is 10.4 Å². The van der Waals surface area contributed by atoms with E-state index in [1.807, 2.05) is 0 Å². The summed E-state index contributed by atoms with van der Waals surface area (Å²) >= 11 is 6.25. The third-order valence-electron chi connectivity index (χ3n) is 2.14. The molecule has 0 radical (unpaired) electrons. The number of thiazole rings is 1. The summed E-state index contributed by atoms with van der Waals surface area (Å²) in [6, 6.07) is 5.85. The summed E-state index contributed by atoms with van der Waals surface area (Å²) in [5.41, 5.74) is 1.03. The maximum Gasteiger partial charge on any atom is 0.356 e. The highest BCUT2D eigenvalue weighted by atomic mass is 32.1. The number of rotatable bonds is 2. The molecule has 2 rings (SSSR count). The van der Waals surface area contributed by atoms with Gasteiger partial charge in [0.15, 0.2) is 3.95 Å². The molecule has 0 saturated heterocycles. The third-order valence-corrected chi connectivity index (χ3v) is 3.43. The van der Waals surface area contributed by atoms with Gasteiger partial charge in [-0.25, -0.2) is 9.18 Å². The Balaban J connectivity index is 2.55. The van der Waals surface area contributed by atoms with Gasteiger partial charge in [-0.2, -0.15) is 0 Å². The van der Waals surface area contributed by atoms with Gasteiger partial charge < -0.3 is 9.72 Å². The molecule has 1 aromatic carbocycles. The Morgan fingerprint density at radius 1 is 1.41 bits per heavy atom. The molecule has 2 aromatic rings. The summed E-state index contributed by atoms with van der Waals surface area (Å²) < 4.78 is 17.9. The number of nitrogens with one attached hydrogen (secondary N) is 1. The van der Waals surface area contributed by atoms with E-state index in [0.717, 1.165) is 5.56 Å². The van der Waals surface area contributed by atoms with Gasteiger partial charge in [0.1, 0.15) is 11.5 Å². The van der Waals surface area contributed by atoms with Gasteiger partial charge in [0.25, 0.3) is 0 Å². The lowest BCUT2D eigenvalue weighted by atomic mass is 10.1. The van der Waals surface area contributed by atoms with Gasteiger partial charge in [-0.15, -0.1) is 11.3 Å². The first kappa shape index (κ1) is 11.9. The number of halogens is 1. The number of hydrogen-bond acceptors (Lipinski definition) is 4. The molecule has 0 saturated carbocycles. The molecule has 0 aliphatic carbocycles. The van der Waals surface area contributed by atoms with Crippen LogP contribution < -0.4 is 0 Å². The molecule has 0 amide bonds. The molecule has 1 N–H and O–H groups in total. The maximum absolute atomic E-state index is 12.8. The zero-order chi connectivity index (χ0) is 12.4. The Morgan fingerprint density at radius 3 is 2.65 bits per heavy atom. The lowest BCUT2D eigenvalue weighted by molar-refractivity contribution is 0.0595. The largest absolute Gasteiger partial charge is 0.464 e. The minimum Gasteiger partial charge on any atom is -0.464 e. The second kappa shape index (κ2) is 4.77. The topological polar surface area (TPSA) is 42.1 Å². The second-order valence-corrected chi connectivity index (χ2v) is 4.90. The molecule has 0 fully saturated rings. The summed E-state index contributed by atoms with van der Waals surface area (Å²) in [4.78, 5) is 14.9. The zero-order valence-corrected chi connectivity index (χ0v) is 10.5. The lowest BCUT2D eigenvalue weighted by Gasteiger charge is -2.01. The van der Waals surface area contributed by atoms with E-state index in [1.165, 1.54) is 30.6 Å². The number of H-pyrrole nitrogens is 1. The zero-order valence-electron chi connectivity index (χ0n) is 8.82. The van der Waals surface area contributed by atoms with Crippen LogP contribution in [0, 0.1) is 9.77 Å². The van der Waals surface area contributed by atoms with E-state index in [0.29, 0.717) is 14.5 Å². The molecule has 0 unspecified atom stereocenters. The summed E-state index contributed by atoms with van der Waals surface area (Å²) in [5.74, 6) is -0.816. The average molecular weight is 269 g/mol. The molecule has 0 atom stereocenters. The summed E-state index contributed by atoms with van der Waals surface area (Å²) in [7, 11) is 1.30. The number of ether oxygens (including phenoxy) is 1. The van der Waals surface area contributed by atoms with Crippen molar-refractivity contribution in [3.05, 3.63) is 39.7 Å². The molecule has 0 bridgehead atoms. The number of aromatic nitrogens is 1. The Labute approximate surface area is 106 Å². The van der Waals surface area contributed by atoms with Crippen LogP contribution in [0.25, 0.3) is 10.4 Å². The van der Waals surface area contributed by atoms with Crippen molar-refractivity contribution in [2.75, 3.05) is 7.11 Å². The van der Waals surface area contributed by atoms with Gasteiger partial charge in [0.2, 0.25) is 0 Å².